The molecule has 0 aliphatic heterocycles. The lowest BCUT2D eigenvalue weighted by Crippen LogP contribution is -2.15. The van der Waals surface area contributed by atoms with E-state index in [0.29, 0.717) is 27.7 Å². The molecule has 31 heavy (non-hydrogen) atoms. The number of nitro benzene ring substituents is 1. The molecule has 0 aliphatic rings. The Morgan fingerprint density at radius 2 is 1.74 bits per heavy atom. The Morgan fingerprint density at radius 1 is 1.03 bits per heavy atom. The zero-order valence-electron chi connectivity index (χ0n) is 16.8. The van der Waals surface area contributed by atoms with Gasteiger partial charge >= 0.3 is 0 Å². The van der Waals surface area contributed by atoms with E-state index >= 15 is 0 Å². The number of hydrogen-bond acceptors (Lipinski definition) is 4. The molecule has 0 bridgehead atoms. The largest absolute Gasteiger partial charge is 0.320 e. The number of carbonyl (C=O) groups excluding carboxylic acids is 1. The summed E-state index contributed by atoms with van der Waals surface area (Å²) in [4.78, 5) is 28.7. The Kier molecular flexibility index (Phi) is 5.40. The van der Waals surface area contributed by atoms with Gasteiger partial charge in [0.25, 0.3) is 11.6 Å². The monoisotopic (exact) mass is 431 g/mol. The van der Waals surface area contributed by atoms with Crippen molar-refractivity contribution in [2.75, 3.05) is 5.32 Å². The van der Waals surface area contributed by atoms with Crippen molar-refractivity contribution in [3.63, 3.8) is 0 Å². The van der Waals surface area contributed by atoms with Gasteiger partial charge in [-0.2, -0.15) is 0 Å². The van der Waals surface area contributed by atoms with Crippen LogP contribution in [0.25, 0.3) is 22.2 Å². The number of halogens is 1. The van der Waals surface area contributed by atoms with Crippen molar-refractivity contribution in [3.05, 3.63) is 98.6 Å². The van der Waals surface area contributed by atoms with Crippen molar-refractivity contribution < 1.29 is 9.72 Å². The van der Waals surface area contributed by atoms with Crippen molar-refractivity contribution in [3.8, 4) is 11.3 Å². The van der Waals surface area contributed by atoms with Crippen LogP contribution in [0.3, 0.4) is 0 Å². The van der Waals surface area contributed by atoms with Crippen molar-refractivity contribution in [1.29, 1.82) is 0 Å². The summed E-state index contributed by atoms with van der Waals surface area (Å²) in [6, 6.07) is 19.3. The molecule has 0 radical (unpaired) electrons. The van der Waals surface area contributed by atoms with Gasteiger partial charge in [-0.1, -0.05) is 59.6 Å². The second kappa shape index (κ2) is 8.16. The van der Waals surface area contributed by atoms with E-state index in [1.807, 2.05) is 62.4 Å². The molecule has 0 unspecified atom stereocenters. The summed E-state index contributed by atoms with van der Waals surface area (Å²) in [7, 11) is 0. The Balaban J connectivity index is 1.86. The van der Waals surface area contributed by atoms with Gasteiger partial charge in [0.1, 0.15) is 0 Å². The number of rotatable bonds is 4. The molecule has 0 saturated heterocycles. The Bertz CT molecular complexity index is 1330. The highest BCUT2D eigenvalue weighted by atomic mass is 35.5. The lowest BCUT2D eigenvalue weighted by molar-refractivity contribution is -0.384. The van der Waals surface area contributed by atoms with Crippen molar-refractivity contribution in [2.24, 2.45) is 0 Å². The van der Waals surface area contributed by atoms with Crippen molar-refractivity contribution in [1.82, 2.24) is 4.98 Å². The second-order valence-corrected chi connectivity index (χ2v) is 7.63. The maximum Gasteiger partial charge on any atom is 0.271 e. The highest BCUT2D eigenvalue weighted by Crippen LogP contribution is 2.32. The fourth-order valence-electron chi connectivity index (χ4n) is 3.50. The minimum atomic E-state index is -0.533. The van der Waals surface area contributed by atoms with Gasteiger partial charge < -0.3 is 5.32 Å². The van der Waals surface area contributed by atoms with E-state index in [-0.39, 0.29) is 16.4 Å². The van der Waals surface area contributed by atoms with Crippen LogP contribution in [0.15, 0.2) is 66.7 Å². The summed E-state index contributed by atoms with van der Waals surface area (Å²) < 4.78 is 0. The third-order valence-electron chi connectivity index (χ3n) is 5.10. The van der Waals surface area contributed by atoms with E-state index < -0.39 is 10.8 Å². The Hall–Kier alpha value is -3.77. The molecule has 7 heteroatoms. The van der Waals surface area contributed by atoms with E-state index in [0.717, 1.165) is 11.1 Å². The number of non-ortho nitro benzene ring substituents is 1. The minimum absolute atomic E-state index is 0.156. The third-order valence-corrected chi connectivity index (χ3v) is 5.43. The van der Waals surface area contributed by atoms with Crippen LogP contribution in [0.1, 0.15) is 21.5 Å². The van der Waals surface area contributed by atoms with Crippen LogP contribution in [-0.2, 0) is 0 Å². The van der Waals surface area contributed by atoms with Crippen molar-refractivity contribution in [2.45, 2.75) is 13.8 Å². The summed E-state index contributed by atoms with van der Waals surface area (Å²) in [5.41, 5.74) is 4.59. The number of hydrogen-bond donors (Lipinski definition) is 1. The number of anilines is 1. The van der Waals surface area contributed by atoms with Crippen LogP contribution in [0.5, 0.6) is 0 Å². The predicted octanol–water partition coefficient (Wildman–Crippen LogP) is 6.33. The van der Waals surface area contributed by atoms with E-state index in [1.165, 1.54) is 18.2 Å². The molecule has 4 rings (SSSR count). The van der Waals surface area contributed by atoms with Gasteiger partial charge in [0.2, 0.25) is 0 Å². The summed E-state index contributed by atoms with van der Waals surface area (Å²) in [5, 5.41) is 14.8. The predicted molar refractivity (Wildman–Crippen MR) is 123 cm³/mol. The number of amides is 1. The molecular formula is C24H18ClN3O3. The number of nitrogens with one attached hydrogen (secondary N) is 1. The topological polar surface area (TPSA) is 85.1 Å². The van der Waals surface area contributed by atoms with Crippen LogP contribution in [0, 0.1) is 24.0 Å². The molecule has 0 fully saturated rings. The smallest absolute Gasteiger partial charge is 0.271 e. The maximum absolute atomic E-state index is 13.4. The fraction of sp³-hybridized carbons (Fsp3) is 0.0833. The van der Waals surface area contributed by atoms with Gasteiger partial charge in [-0.25, -0.2) is 4.98 Å². The molecule has 3 aromatic carbocycles. The van der Waals surface area contributed by atoms with Crippen LogP contribution < -0.4 is 5.32 Å². The lowest BCUT2D eigenvalue weighted by Gasteiger charge is -2.15. The Labute approximate surface area is 183 Å². The molecule has 0 saturated carbocycles. The van der Waals surface area contributed by atoms with Crippen LogP contribution >= 0.6 is 11.6 Å². The third kappa shape index (κ3) is 3.98. The van der Waals surface area contributed by atoms with Crippen LogP contribution in [-0.4, -0.2) is 15.8 Å². The molecule has 1 amide bonds. The number of carbonyl (C=O) groups is 1. The van der Waals surface area contributed by atoms with Crippen molar-refractivity contribution >= 4 is 39.8 Å². The lowest BCUT2D eigenvalue weighted by atomic mass is 9.96. The van der Waals surface area contributed by atoms with Gasteiger partial charge in [-0.3, -0.25) is 14.9 Å². The summed E-state index contributed by atoms with van der Waals surface area (Å²) in [6.45, 7) is 3.85. The first kappa shape index (κ1) is 20.5. The summed E-state index contributed by atoms with van der Waals surface area (Å²) >= 11 is 6.18. The average molecular weight is 432 g/mol. The zero-order chi connectivity index (χ0) is 22.1. The first-order valence-corrected chi connectivity index (χ1v) is 9.94. The number of fused-ring (bicyclic) bond motifs is 1. The standard InChI is InChI=1S/C24H18ClN3O3/c1-14-7-9-16(10-8-14)23-15(2)22(18-5-3-4-6-20(18)26-23)24(29)27-21-13-17(28(30)31)11-12-19(21)25/h3-13H,1-2H3,(H,27,29). The molecule has 1 heterocycles. The number of benzene rings is 3. The van der Waals surface area contributed by atoms with Crippen LogP contribution in [0.2, 0.25) is 5.02 Å². The zero-order valence-corrected chi connectivity index (χ0v) is 17.6. The summed E-state index contributed by atoms with van der Waals surface area (Å²) in [6.07, 6.45) is 0. The molecular weight excluding hydrogens is 414 g/mol. The first-order chi connectivity index (χ1) is 14.8. The quantitative estimate of drug-likeness (QED) is 0.302. The Morgan fingerprint density at radius 3 is 2.45 bits per heavy atom. The van der Waals surface area contributed by atoms with Gasteiger partial charge in [-0.05, 0) is 31.5 Å². The molecule has 0 atom stereocenters. The number of nitrogens with zero attached hydrogens (tertiary/aromatic N) is 2. The molecule has 4 aromatic rings. The highest BCUT2D eigenvalue weighted by molar-refractivity contribution is 6.34. The van der Waals surface area contributed by atoms with Crippen LogP contribution in [0.4, 0.5) is 11.4 Å². The maximum atomic E-state index is 13.4. The second-order valence-electron chi connectivity index (χ2n) is 7.22. The highest BCUT2D eigenvalue weighted by Gasteiger charge is 2.20. The molecule has 0 aliphatic carbocycles. The molecule has 0 spiro atoms. The molecule has 1 aromatic heterocycles. The average Bonchev–Trinajstić information content (AvgIpc) is 2.75. The van der Waals surface area contributed by atoms with E-state index in [2.05, 4.69) is 5.32 Å². The van der Waals surface area contributed by atoms with Gasteiger partial charge in [0, 0.05) is 23.1 Å². The molecule has 154 valence electrons. The van der Waals surface area contributed by atoms with E-state index in [1.54, 1.807) is 0 Å². The number of aromatic nitrogens is 1. The fourth-order valence-corrected chi connectivity index (χ4v) is 3.66. The van der Waals surface area contributed by atoms with Gasteiger partial charge in [-0.15, -0.1) is 0 Å². The van der Waals surface area contributed by atoms with Gasteiger partial charge in [0.05, 0.1) is 32.4 Å². The number of para-hydroxylation sites is 1. The molecule has 1 N–H and O–H groups in total. The van der Waals surface area contributed by atoms with Gasteiger partial charge in [0.15, 0.2) is 0 Å². The van der Waals surface area contributed by atoms with E-state index in [9.17, 15) is 14.9 Å². The minimum Gasteiger partial charge on any atom is -0.320 e. The van der Waals surface area contributed by atoms with E-state index in [4.69, 9.17) is 16.6 Å². The summed E-state index contributed by atoms with van der Waals surface area (Å²) in [5.74, 6) is -0.410. The normalized spacial score (nSPS) is 10.8. The number of aryl methyl sites for hydroxylation is 1. The number of pyridine rings is 1. The number of nitro groups is 1. The SMILES string of the molecule is Cc1ccc(-c2nc3ccccc3c(C(=O)Nc3cc([N+](=O)[O-])ccc3Cl)c2C)cc1. The molecule has 6 nitrogen and oxygen atoms in total. The first-order valence-electron chi connectivity index (χ1n) is 9.57.